The molecule has 3 aromatic heterocycles. The zero-order valence-electron chi connectivity index (χ0n) is 18.8. The maximum atomic E-state index is 13.0. The molecule has 0 saturated carbocycles. The monoisotopic (exact) mass is 471 g/mol. The van der Waals surface area contributed by atoms with Crippen LogP contribution in [0, 0.1) is 13.8 Å². The first-order valence-electron chi connectivity index (χ1n) is 10.8. The Morgan fingerprint density at radius 2 is 1.85 bits per heavy atom. The molecule has 0 aliphatic rings. The van der Waals surface area contributed by atoms with Crippen LogP contribution in [0.2, 0.25) is 0 Å². The average Bonchev–Trinajstić information content (AvgIpc) is 3.37. The molecule has 5 aromatic rings. The minimum Gasteiger partial charge on any atom is -0.494 e. The minimum atomic E-state index is -0.435. The Kier molecular flexibility index (Phi) is 5.54. The van der Waals surface area contributed by atoms with Gasteiger partial charge in [-0.15, -0.1) is 0 Å². The van der Waals surface area contributed by atoms with E-state index in [9.17, 15) is 9.59 Å². The molecule has 8 nitrogen and oxygen atoms in total. The van der Waals surface area contributed by atoms with Gasteiger partial charge in [0.1, 0.15) is 17.1 Å². The van der Waals surface area contributed by atoms with E-state index in [-0.39, 0.29) is 16.2 Å². The summed E-state index contributed by atoms with van der Waals surface area (Å²) in [7, 11) is 0. The predicted molar refractivity (Wildman–Crippen MR) is 132 cm³/mol. The summed E-state index contributed by atoms with van der Waals surface area (Å²) in [4.78, 5) is 29.2. The Morgan fingerprint density at radius 3 is 2.59 bits per heavy atom. The van der Waals surface area contributed by atoms with Crippen molar-refractivity contribution in [2.75, 3.05) is 6.61 Å². The third-order valence-electron chi connectivity index (χ3n) is 5.36. The number of rotatable bonds is 5. The summed E-state index contributed by atoms with van der Waals surface area (Å²) in [5.41, 5.74) is 3.75. The van der Waals surface area contributed by atoms with Gasteiger partial charge in [0.05, 0.1) is 16.8 Å². The van der Waals surface area contributed by atoms with Gasteiger partial charge in [-0.3, -0.25) is 9.59 Å². The van der Waals surface area contributed by atoms with Crippen LogP contribution in [0.4, 0.5) is 0 Å². The van der Waals surface area contributed by atoms with Gasteiger partial charge in [0.15, 0.2) is 0 Å². The third-order valence-corrected chi connectivity index (χ3v) is 6.32. The van der Waals surface area contributed by atoms with E-state index in [1.165, 1.54) is 4.52 Å². The number of ether oxygens (including phenoxy) is 1. The minimum absolute atomic E-state index is 0.182. The number of fused-ring (bicyclic) bond motifs is 1. The predicted octanol–water partition coefficient (Wildman–Crippen LogP) is 2.93. The Balaban J connectivity index is 1.73. The molecule has 34 heavy (non-hydrogen) atoms. The molecule has 9 heteroatoms. The second kappa shape index (κ2) is 8.68. The number of benzene rings is 2. The van der Waals surface area contributed by atoms with Crippen molar-refractivity contribution in [1.29, 1.82) is 0 Å². The number of aryl methyl sites for hydroxylation is 2. The molecular weight excluding hydrogens is 450 g/mol. The molecule has 0 aliphatic carbocycles. The van der Waals surface area contributed by atoms with Crippen molar-refractivity contribution in [3.63, 3.8) is 0 Å². The normalized spacial score (nSPS) is 11.9. The molecule has 5 rings (SSSR count). The molecule has 0 bridgehead atoms. The molecule has 0 atom stereocenters. The highest BCUT2D eigenvalue weighted by Gasteiger charge is 2.15. The van der Waals surface area contributed by atoms with Crippen molar-refractivity contribution >= 4 is 22.4 Å². The van der Waals surface area contributed by atoms with Gasteiger partial charge in [-0.25, -0.2) is 4.68 Å². The summed E-state index contributed by atoms with van der Waals surface area (Å²) in [6, 6.07) is 15.6. The first kappa shape index (κ1) is 21.7. The zero-order valence-corrected chi connectivity index (χ0v) is 19.7. The number of para-hydroxylation sites is 1. The molecule has 0 N–H and O–H groups in total. The Morgan fingerprint density at radius 1 is 1.06 bits per heavy atom. The van der Waals surface area contributed by atoms with Gasteiger partial charge >= 0.3 is 0 Å². The molecule has 0 fully saturated rings. The van der Waals surface area contributed by atoms with Crippen LogP contribution in [0.1, 0.15) is 23.7 Å². The molecule has 2 aromatic carbocycles. The first-order valence-corrected chi connectivity index (χ1v) is 11.6. The fourth-order valence-electron chi connectivity index (χ4n) is 3.70. The third kappa shape index (κ3) is 3.90. The van der Waals surface area contributed by atoms with Crippen molar-refractivity contribution in [1.82, 2.24) is 24.4 Å². The van der Waals surface area contributed by atoms with E-state index >= 15 is 0 Å². The Bertz CT molecular complexity index is 1690. The first-order chi connectivity index (χ1) is 16.4. The SMILES string of the molecule is CCOc1ccc(-c2nn(-c3ccccc3)cc2/C=c2\sc3nc(=O)c(C)nn3c2=O)c(C)c1. The van der Waals surface area contributed by atoms with Crippen LogP contribution < -0.4 is 20.4 Å². The van der Waals surface area contributed by atoms with E-state index in [1.807, 2.05) is 68.6 Å². The molecule has 170 valence electrons. The number of aromatic nitrogens is 5. The highest BCUT2D eigenvalue weighted by molar-refractivity contribution is 7.15. The summed E-state index contributed by atoms with van der Waals surface area (Å²) in [6.07, 6.45) is 3.67. The lowest BCUT2D eigenvalue weighted by Crippen LogP contribution is -2.27. The highest BCUT2D eigenvalue weighted by Crippen LogP contribution is 2.30. The van der Waals surface area contributed by atoms with Gasteiger partial charge in [0.2, 0.25) is 4.96 Å². The van der Waals surface area contributed by atoms with Crippen LogP contribution in [0.15, 0.2) is 64.3 Å². The van der Waals surface area contributed by atoms with E-state index in [4.69, 9.17) is 9.84 Å². The highest BCUT2D eigenvalue weighted by atomic mass is 32.1. The van der Waals surface area contributed by atoms with Gasteiger partial charge in [-0.1, -0.05) is 29.5 Å². The zero-order chi connectivity index (χ0) is 23.8. The van der Waals surface area contributed by atoms with Crippen LogP contribution in [0.3, 0.4) is 0 Å². The summed E-state index contributed by atoms with van der Waals surface area (Å²) in [5.74, 6) is 0.792. The summed E-state index contributed by atoms with van der Waals surface area (Å²) in [6.45, 7) is 6.08. The standard InChI is InChI=1S/C25H21N5O3S/c1-4-33-19-10-11-20(15(2)12-19)22-17(14-29(28-22)18-8-6-5-7-9-18)13-21-24(32)30-25(34-21)26-23(31)16(3)27-30/h5-14H,4H2,1-3H3/b21-13-. The van der Waals surface area contributed by atoms with Gasteiger partial charge in [-0.2, -0.15) is 19.7 Å². The quantitative estimate of drug-likeness (QED) is 0.391. The van der Waals surface area contributed by atoms with Crippen LogP contribution >= 0.6 is 11.3 Å². The fourth-order valence-corrected chi connectivity index (χ4v) is 4.60. The van der Waals surface area contributed by atoms with Crippen LogP contribution in [0.5, 0.6) is 5.75 Å². The topological polar surface area (TPSA) is 91.4 Å². The summed E-state index contributed by atoms with van der Waals surface area (Å²) in [5, 5.41) is 8.95. The lowest BCUT2D eigenvalue weighted by molar-refractivity contribution is 0.340. The number of nitrogens with zero attached hydrogens (tertiary/aromatic N) is 5. The smallest absolute Gasteiger partial charge is 0.295 e. The number of hydrogen-bond acceptors (Lipinski definition) is 7. The van der Waals surface area contributed by atoms with Crippen molar-refractivity contribution in [2.45, 2.75) is 20.8 Å². The summed E-state index contributed by atoms with van der Waals surface area (Å²) < 4.78 is 9.02. The van der Waals surface area contributed by atoms with Crippen molar-refractivity contribution in [3.05, 3.63) is 96.8 Å². The number of thiazole rings is 1. The Hall–Kier alpha value is -4.11. The maximum Gasteiger partial charge on any atom is 0.295 e. The molecule has 0 radical (unpaired) electrons. The van der Waals surface area contributed by atoms with E-state index in [2.05, 4.69) is 10.1 Å². The van der Waals surface area contributed by atoms with Crippen LogP contribution in [-0.4, -0.2) is 31.0 Å². The molecule has 0 saturated heterocycles. The maximum absolute atomic E-state index is 13.0. The van der Waals surface area contributed by atoms with E-state index < -0.39 is 5.56 Å². The van der Waals surface area contributed by atoms with Crippen molar-refractivity contribution in [2.24, 2.45) is 0 Å². The van der Waals surface area contributed by atoms with Gasteiger partial charge in [0.25, 0.3) is 11.1 Å². The van der Waals surface area contributed by atoms with E-state index in [1.54, 1.807) is 17.7 Å². The van der Waals surface area contributed by atoms with Crippen LogP contribution in [0.25, 0.3) is 28.0 Å². The lowest BCUT2D eigenvalue weighted by Gasteiger charge is -2.08. The van der Waals surface area contributed by atoms with Gasteiger partial charge in [-0.05, 0) is 62.7 Å². The van der Waals surface area contributed by atoms with Crippen LogP contribution in [-0.2, 0) is 0 Å². The average molecular weight is 472 g/mol. The Labute approximate surface area is 198 Å². The lowest BCUT2D eigenvalue weighted by atomic mass is 10.0. The van der Waals surface area contributed by atoms with E-state index in [0.29, 0.717) is 11.1 Å². The van der Waals surface area contributed by atoms with E-state index in [0.717, 1.165) is 45.2 Å². The molecule has 3 heterocycles. The molecule has 0 amide bonds. The largest absolute Gasteiger partial charge is 0.494 e. The summed E-state index contributed by atoms with van der Waals surface area (Å²) >= 11 is 1.13. The second-order valence-corrected chi connectivity index (χ2v) is 8.74. The molecule has 0 unspecified atom stereocenters. The molecular formula is C25H21N5O3S. The molecule has 0 spiro atoms. The second-order valence-electron chi connectivity index (χ2n) is 7.74. The van der Waals surface area contributed by atoms with Gasteiger partial charge < -0.3 is 4.74 Å². The fraction of sp³-hybridized carbons (Fsp3) is 0.160. The number of hydrogen-bond donors (Lipinski definition) is 0. The van der Waals surface area contributed by atoms with Gasteiger partial charge in [0, 0.05) is 17.3 Å². The van der Waals surface area contributed by atoms with Crippen molar-refractivity contribution in [3.8, 4) is 22.7 Å². The molecule has 0 aliphatic heterocycles. The van der Waals surface area contributed by atoms with Crippen molar-refractivity contribution < 1.29 is 4.74 Å².